The lowest BCUT2D eigenvalue weighted by Gasteiger charge is -2.06. The molecule has 0 saturated carbocycles. The van der Waals surface area contributed by atoms with E-state index in [4.69, 9.17) is 0 Å². The summed E-state index contributed by atoms with van der Waals surface area (Å²) in [5.74, 6) is -0.777. The summed E-state index contributed by atoms with van der Waals surface area (Å²) in [5.41, 5.74) is 1.99. The van der Waals surface area contributed by atoms with Crippen molar-refractivity contribution < 1.29 is 9.59 Å². The number of hydrogen-bond donors (Lipinski definition) is 3. The molecule has 0 aliphatic rings. The van der Waals surface area contributed by atoms with Crippen LogP contribution in [0.15, 0.2) is 55.1 Å². The van der Waals surface area contributed by atoms with Crippen molar-refractivity contribution in [3.63, 3.8) is 0 Å². The maximum Gasteiger partial charge on any atom is 0.272 e. The van der Waals surface area contributed by atoms with E-state index in [1.165, 1.54) is 6.33 Å². The maximum absolute atomic E-state index is 12.3. The Hall–Kier alpha value is -3.55. The third-order valence-electron chi connectivity index (χ3n) is 3.87. The van der Waals surface area contributed by atoms with Crippen LogP contribution in [0, 0.1) is 0 Å². The Labute approximate surface area is 156 Å². The van der Waals surface area contributed by atoms with Gasteiger partial charge in [-0.3, -0.25) is 19.6 Å². The third kappa shape index (κ3) is 5.21. The lowest BCUT2D eigenvalue weighted by Crippen LogP contribution is -2.31. The molecule has 0 saturated heterocycles. The fraction of sp³-hybridized carbons (Fsp3) is 0.211. The highest BCUT2D eigenvalue weighted by Crippen LogP contribution is 2.03. The third-order valence-corrected chi connectivity index (χ3v) is 3.87. The Balaban J connectivity index is 1.50. The second-order valence-corrected chi connectivity index (χ2v) is 5.78. The number of pyridine rings is 2. The number of hydrogen-bond acceptors (Lipinski definition) is 5. The number of rotatable bonds is 8. The van der Waals surface area contributed by atoms with Crippen LogP contribution in [0.1, 0.15) is 32.4 Å². The molecule has 3 N–H and O–H groups in total. The van der Waals surface area contributed by atoms with Gasteiger partial charge in [0.2, 0.25) is 0 Å². The second-order valence-electron chi connectivity index (χ2n) is 5.78. The van der Waals surface area contributed by atoms with Crippen molar-refractivity contribution in [2.75, 3.05) is 13.1 Å². The van der Waals surface area contributed by atoms with Crippen LogP contribution in [-0.2, 0) is 12.8 Å². The molecule has 27 heavy (non-hydrogen) atoms. The van der Waals surface area contributed by atoms with E-state index in [0.717, 1.165) is 11.4 Å². The summed E-state index contributed by atoms with van der Waals surface area (Å²) < 4.78 is 0. The molecule has 8 heteroatoms. The predicted molar refractivity (Wildman–Crippen MR) is 99.1 cm³/mol. The van der Waals surface area contributed by atoms with Crippen LogP contribution in [0.25, 0.3) is 0 Å². The molecule has 0 aliphatic carbocycles. The molecular formula is C19H20N6O2. The zero-order valence-corrected chi connectivity index (χ0v) is 14.7. The van der Waals surface area contributed by atoms with E-state index in [9.17, 15) is 9.59 Å². The first-order valence-electron chi connectivity index (χ1n) is 8.63. The number of nitrogens with zero attached hydrogens (tertiary/aromatic N) is 3. The lowest BCUT2D eigenvalue weighted by atomic mass is 10.2. The van der Waals surface area contributed by atoms with Gasteiger partial charge in [-0.15, -0.1) is 0 Å². The first kappa shape index (κ1) is 18.2. The van der Waals surface area contributed by atoms with Gasteiger partial charge in [0.05, 0.1) is 6.33 Å². The summed E-state index contributed by atoms with van der Waals surface area (Å²) in [7, 11) is 0. The highest BCUT2D eigenvalue weighted by atomic mass is 16.2. The van der Waals surface area contributed by atoms with Crippen LogP contribution in [0.5, 0.6) is 0 Å². The minimum Gasteiger partial charge on any atom is -0.350 e. The Kier molecular flexibility index (Phi) is 6.24. The number of H-pyrrole nitrogens is 1. The molecule has 0 unspecified atom stereocenters. The summed E-state index contributed by atoms with van der Waals surface area (Å²) in [6.07, 6.45) is 5.95. The van der Waals surface area contributed by atoms with Crippen LogP contribution in [0.3, 0.4) is 0 Å². The molecule has 0 aromatic carbocycles. The van der Waals surface area contributed by atoms with E-state index >= 15 is 0 Å². The van der Waals surface area contributed by atoms with Gasteiger partial charge < -0.3 is 15.6 Å². The SMILES string of the molecule is O=C(NCCc1ccccn1)c1nc[nH]c1C(=O)NCCc1ccccn1. The van der Waals surface area contributed by atoms with Gasteiger partial charge in [-0.1, -0.05) is 12.1 Å². The summed E-state index contributed by atoms with van der Waals surface area (Å²) in [6, 6.07) is 11.2. The van der Waals surface area contributed by atoms with Crippen molar-refractivity contribution in [1.29, 1.82) is 0 Å². The van der Waals surface area contributed by atoms with Crippen LogP contribution >= 0.6 is 0 Å². The Morgan fingerprint density at radius 3 is 1.96 bits per heavy atom. The molecular weight excluding hydrogens is 344 g/mol. The van der Waals surface area contributed by atoms with E-state index < -0.39 is 5.91 Å². The molecule has 0 bridgehead atoms. The number of carbonyl (C=O) groups excluding carboxylic acids is 2. The number of amides is 2. The molecule has 3 heterocycles. The smallest absolute Gasteiger partial charge is 0.272 e. The van der Waals surface area contributed by atoms with E-state index in [-0.39, 0.29) is 17.3 Å². The Morgan fingerprint density at radius 1 is 0.815 bits per heavy atom. The summed E-state index contributed by atoms with van der Waals surface area (Å²) in [5, 5.41) is 5.53. The van der Waals surface area contributed by atoms with Crippen LogP contribution in [0.4, 0.5) is 0 Å². The van der Waals surface area contributed by atoms with E-state index in [2.05, 4.69) is 30.6 Å². The summed E-state index contributed by atoms with van der Waals surface area (Å²) >= 11 is 0. The molecule has 0 spiro atoms. The molecule has 0 aliphatic heterocycles. The highest BCUT2D eigenvalue weighted by molar-refractivity contribution is 6.04. The molecule has 8 nitrogen and oxygen atoms in total. The monoisotopic (exact) mass is 364 g/mol. The van der Waals surface area contributed by atoms with E-state index in [1.54, 1.807) is 12.4 Å². The molecule has 0 atom stereocenters. The van der Waals surface area contributed by atoms with Crippen LogP contribution in [-0.4, -0.2) is 44.8 Å². The van der Waals surface area contributed by atoms with Gasteiger partial charge in [-0.25, -0.2) is 4.98 Å². The maximum atomic E-state index is 12.3. The fourth-order valence-electron chi connectivity index (χ4n) is 2.51. The molecule has 3 aromatic rings. The summed E-state index contributed by atoms with van der Waals surface area (Å²) in [4.78, 5) is 39.7. The number of carbonyl (C=O) groups is 2. The molecule has 0 radical (unpaired) electrons. The van der Waals surface area contributed by atoms with Gasteiger partial charge in [0.15, 0.2) is 5.69 Å². The van der Waals surface area contributed by atoms with Gasteiger partial charge in [0.1, 0.15) is 5.69 Å². The van der Waals surface area contributed by atoms with Crippen molar-refractivity contribution in [2.45, 2.75) is 12.8 Å². The van der Waals surface area contributed by atoms with Crippen molar-refractivity contribution in [2.24, 2.45) is 0 Å². The van der Waals surface area contributed by atoms with Gasteiger partial charge in [-0.2, -0.15) is 0 Å². The van der Waals surface area contributed by atoms with Crippen LogP contribution < -0.4 is 10.6 Å². The summed E-state index contributed by atoms with van der Waals surface area (Å²) in [6.45, 7) is 0.818. The van der Waals surface area contributed by atoms with Gasteiger partial charge >= 0.3 is 0 Å². The van der Waals surface area contributed by atoms with Crippen molar-refractivity contribution in [3.8, 4) is 0 Å². The zero-order chi connectivity index (χ0) is 18.9. The average molecular weight is 364 g/mol. The number of aromatic nitrogens is 4. The minimum atomic E-state index is -0.401. The Morgan fingerprint density at radius 2 is 1.41 bits per heavy atom. The van der Waals surface area contributed by atoms with Crippen molar-refractivity contribution in [3.05, 3.63) is 77.9 Å². The second kappa shape index (κ2) is 9.23. The van der Waals surface area contributed by atoms with Gasteiger partial charge in [0, 0.05) is 49.7 Å². The number of imidazole rings is 1. The molecule has 138 valence electrons. The van der Waals surface area contributed by atoms with E-state index in [0.29, 0.717) is 25.9 Å². The first-order chi connectivity index (χ1) is 13.2. The van der Waals surface area contributed by atoms with Crippen LogP contribution in [0.2, 0.25) is 0 Å². The molecule has 2 amide bonds. The molecule has 3 aromatic heterocycles. The van der Waals surface area contributed by atoms with Gasteiger partial charge in [0.25, 0.3) is 11.8 Å². The topological polar surface area (TPSA) is 113 Å². The van der Waals surface area contributed by atoms with Crippen molar-refractivity contribution >= 4 is 11.8 Å². The number of nitrogens with one attached hydrogen (secondary N) is 3. The molecule has 0 fully saturated rings. The average Bonchev–Trinajstić information content (AvgIpc) is 3.20. The minimum absolute atomic E-state index is 0.0753. The Bertz CT molecular complexity index is 807. The molecule has 3 rings (SSSR count). The normalized spacial score (nSPS) is 10.4. The van der Waals surface area contributed by atoms with Crippen molar-refractivity contribution in [1.82, 2.24) is 30.6 Å². The highest BCUT2D eigenvalue weighted by Gasteiger charge is 2.19. The van der Waals surface area contributed by atoms with E-state index in [1.807, 2.05) is 36.4 Å². The lowest BCUT2D eigenvalue weighted by molar-refractivity contribution is 0.0914. The fourth-order valence-corrected chi connectivity index (χ4v) is 2.51. The number of aromatic amines is 1. The largest absolute Gasteiger partial charge is 0.350 e. The standard InChI is InChI=1S/C19H20N6O2/c26-18(22-11-7-14-5-1-3-9-20-14)16-17(25-13-24-16)19(27)23-12-8-15-6-2-4-10-21-15/h1-6,9-10,13H,7-8,11-12H2,(H,22,26)(H,23,27)(H,24,25). The zero-order valence-electron chi connectivity index (χ0n) is 14.7. The first-order valence-corrected chi connectivity index (χ1v) is 8.63. The quantitative estimate of drug-likeness (QED) is 0.555. The van der Waals surface area contributed by atoms with Gasteiger partial charge in [-0.05, 0) is 24.3 Å². The predicted octanol–water partition coefficient (Wildman–Crippen LogP) is 1.14.